The largest absolute Gasteiger partial charge is 0.484 e. The van der Waals surface area contributed by atoms with Crippen molar-refractivity contribution in [3.05, 3.63) is 75.8 Å². The summed E-state index contributed by atoms with van der Waals surface area (Å²) in [6, 6.07) is 16.6. The Morgan fingerprint density at radius 2 is 1.88 bits per heavy atom. The van der Waals surface area contributed by atoms with Crippen LogP contribution in [0.15, 0.2) is 59.0 Å². The molecule has 1 N–H and O–H groups in total. The Morgan fingerprint density at radius 3 is 2.64 bits per heavy atom. The maximum Gasteiger partial charge on any atom is 0.262 e. The molecule has 0 aliphatic carbocycles. The van der Waals surface area contributed by atoms with Crippen LogP contribution in [0.25, 0.3) is 22.6 Å². The molecule has 1 aromatic heterocycles. The molecule has 0 radical (unpaired) electrons. The summed E-state index contributed by atoms with van der Waals surface area (Å²) < 4.78 is 11.5. The van der Waals surface area contributed by atoms with Crippen molar-refractivity contribution in [2.75, 3.05) is 11.9 Å². The molecule has 3 aromatic carbocycles. The van der Waals surface area contributed by atoms with Crippen LogP contribution in [0.3, 0.4) is 0 Å². The lowest BCUT2D eigenvalue weighted by Gasteiger charge is -2.10. The predicted octanol–water partition coefficient (Wildman–Crippen LogP) is 7.64. The summed E-state index contributed by atoms with van der Waals surface area (Å²) >= 11 is 12.3. The van der Waals surface area contributed by atoms with Gasteiger partial charge in [0.05, 0.1) is 10.7 Å². The zero-order valence-corrected chi connectivity index (χ0v) is 20.1. The van der Waals surface area contributed by atoms with Crippen molar-refractivity contribution < 1.29 is 13.9 Å². The quantitative estimate of drug-likeness (QED) is 0.293. The first-order valence-electron chi connectivity index (χ1n) is 10.7. The van der Waals surface area contributed by atoms with Gasteiger partial charge in [0.15, 0.2) is 12.2 Å². The molecule has 1 amide bonds. The number of hydrogen-bond donors (Lipinski definition) is 1. The van der Waals surface area contributed by atoms with Crippen LogP contribution >= 0.6 is 23.2 Å². The van der Waals surface area contributed by atoms with Gasteiger partial charge in [-0.2, -0.15) is 0 Å². The summed E-state index contributed by atoms with van der Waals surface area (Å²) in [6.07, 6.45) is 1.05. The first kappa shape index (κ1) is 23.1. The number of amides is 1. The summed E-state index contributed by atoms with van der Waals surface area (Å²) in [7, 11) is 0. The van der Waals surface area contributed by atoms with E-state index in [-0.39, 0.29) is 12.5 Å². The zero-order valence-electron chi connectivity index (χ0n) is 18.6. The Kier molecular flexibility index (Phi) is 6.91. The van der Waals surface area contributed by atoms with Crippen molar-refractivity contribution in [2.24, 2.45) is 0 Å². The summed E-state index contributed by atoms with van der Waals surface area (Å²) in [5.41, 5.74) is 4.78. The molecule has 0 aliphatic heterocycles. The fourth-order valence-electron chi connectivity index (χ4n) is 3.41. The van der Waals surface area contributed by atoms with E-state index in [0.717, 1.165) is 17.5 Å². The number of anilines is 1. The van der Waals surface area contributed by atoms with E-state index in [1.54, 1.807) is 30.3 Å². The van der Waals surface area contributed by atoms with Crippen LogP contribution in [-0.4, -0.2) is 17.5 Å². The van der Waals surface area contributed by atoms with Crippen LogP contribution in [-0.2, 0) is 4.79 Å². The molecule has 170 valence electrons. The molecule has 1 heterocycles. The van der Waals surface area contributed by atoms with E-state index in [0.29, 0.717) is 44.4 Å². The lowest BCUT2D eigenvalue weighted by molar-refractivity contribution is -0.118. The second kappa shape index (κ2) is 9.86. The van der Waals surface area contributed by atoms with Gasteiger partial charge in [-0.05, 0) is 78.9 Å². The molecule has 0 bridgehead atoms. The minimum Gasteiger partial charge on any atom is -0.484 e. The van der Waals surface area contributed by atoms with E-state index in [1.807, 2.05) is 19.1 Å². The van der Waals surface area contributed by atoms with Gasteiger partial charge in [-0.3, -0.25) is 4.79 Å². The van der Waals surface area contributed by atoms with E-state index in [4.69, 9.17) is 32.4 Å². The smallest absolute Gasteiger partial charge is 0.262 e. The second-order valence-corrected chi connectivity index (χ2v) is 8.81. The minimum atomic E-state index is -0.336. The number of fused-ring (bicyclic) bond motifs is 1. The Bertz CT molecular complexity index is 1320. The van der Waals surface area contributed by atoms with Crippen molar-refractivity contribution >= 4 is 45.9 Å². The molecular weight excluding hydrogens is 459 g/mol. The Balaban J connectivity index is 1.50. The molecule has 0 saturated heterocycles. The fourth-order valence-corrected chi connectivity index (χ4v) is 3.69. The normalized spacial score (nSPS) is 12.0. The van der Waals surface area contributed by atoms with Gasteiger partial charge in [-0.1, -0.05) is 43.1 Å². The predicted molar refractivity (Wildman–Crippen MR) is 133 cm³/mol. The molecule has 0 saturated carbocycles. The number of nitrogens with one attached hydrogen (secondary N) is 1. The van der Waals surface area contributed by atoms with Gasteiger partial charge in [0.1, 0.15) is 11.3 Å². The van der Waals surface area contributed by atoms with Crippen molar-refractivity contribution in [1.82, 2.24) is 4.98 Å². The van der Waals surface area contributed by atoms with Crippen LogP contribution in [0.5, 0.6) is 5.75 Å². The SMILES string of the molecule is CC[C@@H](C)c1ccc2oc(-c3ccc(Cl)c(NC(=O)COc4ccc(Cl)c(C)c4)c3)nc2c1. The fraction of sp³-hybridized carbons (Fsp3) is 0.231. The number of ether oxygens (including phenoxy) is 1. The van der Waals surface area contributed by atoms with Crippen LogP contribution in [0.1, 0.15) is 37.3 Å². The Hall–Kier alpha value is -3.02. The maximum absolute atomic E-state index is 12.4. The summed E-state index contributed by atoms with van der Waals surface area (Å²) in [6.45, 7) is 6.06. The van der Waals surface area contributed by atoms with Crippen molar-refractivity contribution in [2.45, 2.75) is 33.1 Å². The standard InChI is InChI=1S/C26H24Cl2N2O3/c1-4-15(2)17-6-10-24-23(12-17)30-26(33-24)18-5-8-21(28)22(13-18)29-25(31)14-32-19-7-9-20(27)16(3)11-19/h5-13,15H,4,14H2,1-3H3,(H,29,31)/t15-/m1/s1. The summed E-state index contributed by atoms with van der Waals surface area (Å²) in [5, 5.41) is 3.84. The number of hydrogen-bond acceptors (Lipinski definition) is 4. The highest BCUT2D eigenvalue weighted by atomic mass is 35.5. The van der Waals surface area contributed by atoms with Gasteiger partial charge < -0.3 is 14.5 Å². The number of carbonyl (C=O) groups excluding carboxylic acids is 1. The average molecular weight is 483 g/mol. The lowest BCUT2D eigenvalue weighted by atomic mass is 9.98. The molecule has 1 atom stereocenters. The number of halogens is 2. The second-order valence-electron chi connectivity index (χ2n) is 8.00. The summed E-state index contributed by atoms with van der Waals surface area (Å²) in [5.74, 6) is 1.14. The van der Waals surface area contributed by atoms with E-state index in [2.05, 4.69) is 36.3 Å². The third-order valence-electron chi connectivity index (χ3n) is 5.58. The molecule has 0 fully saturated rings. The van der Waals surface area contributed by atoms with Crippen LogP contribution in [0.2, 0.25) is 10.0 Å². The maximum atomic E-state index is 12.4. The van der Waals surface area contributed by atoms with E-state index >= 15 is 0 Å². The molecule has 4 rings (SSSR count). The van der Waals surface area contributed by atoms with Crippen LogP contribution < -0.4 is 10.1 Å². The van der Waals surface area contributed by atoms with Gasteiger partial charge in [0.2, 0.25) is 5.89 Å². The van der Waals surface area contributed by atoms with Crippen molar-refractivity contribution in [1.29, 1.82) is 0 Å². The highest BCUT2D eigenvalue weighted by Crippen LogP contribution is 2.32. The van der Waals surface area contributed by atoms with Gasteiger partial charge in [-0.15, -0.1) is 0 Å². The molecule has 0 aliphatic rings. The highest BCUT2D eigenvalue weighted by molar-refractivity contribution is 6.33. The molecular formula is C26H24Cl2N2O3. The molecule has 4 aromatic rings. The zero-order chi connectivity index (χ0) is 23.5. The first-order valence-corrected chi connectivity index (χ1v) is 11.5. The minimum absolute atomic E-state index is 0.164. The van der Waals surface area contributed by atoms with Crippen LogP contribution in [0.4, 0.5) is 5.69 Å². The molecule has 33 heavy (non-hydrogen) atoms. The number of rotatable bonds is 7. The van der Waals surface area contributed by atoms with Crippen molar-refractivity contribution in [3.8, 4) is 17.2 Å². The molecule has 0 spiro atoms. The highest BCUT2D eigenvalue weighted by Gasteiger charge is 2.14. The molecule has 5 nitrogen and oxygen atoms in total. The van der Waals surface area contributed by atoms with E-state index in [1.165, 1.54) is 5.56 Å². The van der Waals surface area contributed by atoms with E-state index in [9.17, 15) is 4.79 Å². The number of oxazole rings is 1. The number of nitrogens with zero attached hydrogens (tertiary/aromatic N) is 1. The molecule has 0 unspecified atom stereocenters. The van der Waals surface area contributed by atoms with Gasteiger partial charge >= 0.3 is 0 Å². The lowest BCUT2D eigenvalue weighted by Crippen LogP contribution is -2.20. The van der Waals surface area contributed by atoms with Gasteiger partial charge in [0.25, 0.3) is 5.91 Å². The number of aromatic nitrogens is 1. The van der Waals surface area contributed by atoms with Gasteiger partial charge in [0, 0.05) is 10.6 Å². The summed E-state index contributed by atoms with van der Waals surface area (Å²) in [4.78, 5) is 17.1. The van der Waals surface area contributed by atoms with E-state index < -0.39 is 0 Å². The van der Waals surface area contributed by atoms with Crippen LogP contribution in [0, 0.1) is 6.92 Å². The molecule has 7 heteroatoms. The topological polar surface area (TPSA) is 64.4 Å². The number of carbonyl (C=O) groups is 1. The third-order valence-corrected chi connectivity index (χ3v) is 6.33. The number of benzene rings is 3. The van der Waals surface area contributed by atoms with Gasteiger partial charge in [-0.25, -0.2) is 4.98 Å². The first-order chi connectivity index (χ1) is 15.8. The Labute approximate surface area is 202 Å². The monoisotopic (exact) mass is 482 g/mol. The average Bonchev–Trinajstić information content (AvgIpc) is 3.24. The van der Waals surface area contributed by atoms with Crippen molar-refractivity contribution in [3.63, 3.8) is 0 Å². The third kappa shape index (κ3) is 5.32. The Morgan fingerprint density at radius 1 is 1.09 bits per heavy atom. The number of aryl methyl sites for hydroxylation is 1.